The fourth-order valence-corrected chi connectivity index (χ4v) is 2.62. The first-order chi connectivity index (χ1) is 12.9. The van der Waals surface area contributed by atoms with Gasteiger partial charge in [-0.3, -0.25) is 4.79 Å². The van der Waals surface area contributed by atoms with E-state index in [9.17, 15) is 9.59 Å². The summed E-state index contributed by atoms with van der Waals surface area (Å²) < 4.78 is 5.14. The van der Waals surface area contributed by atoms with Gasteiger partial charge in [0.05, 0.1) is 18.2 Å². The predicted molar refractivity (Wildman–Crippen MR) is 105 cm³/mol. The van der Waals surface area contributed by atoms with Gasteiger partial charge < -0.3 is 20.5 Å². The normalized spacial score (nSPS) is 11.6. The van der Waals surface area contributed by atoms with Gasteiger partial charge in [0.1, 0.15) is 0 Å². The van der Waals surface area contributed by atoms with Crippen LogP contribution >= 0.6 is 0 Å². The standard InChI is InChI=1S/C21H26N2O4/c1-14-8-9-17(12-15(14)2)16(3)23-20(25)13-27-21(26)18-6-4-5-7-19(18)22-10-11-24/h4-9,12,16,22,24H,10-11,13H2,1-3H3,(H,23,25)/t16-/m0/s1. The molecule has 27 heavy (non-hydrogen) atoms. The molecule has 0 unspecified atom stereocenters. The van der Waals surface area contributed by atoms with E-state index in [-0.39, 0.29) is 25.2 Å². The summed E-state index contributed by atoms with van der Waals surface area (Å²) in [7, 11) is 0. The van der Waals surface area contributed by atoms with Crippen LogP contribution in [0, 0.1) is 13.8 Å². The molecule has 1 amide bonds. The molecule has 0 saturated heterocycles. The van der Waals surface area contributed by atoms with E-state index in [1.165, 1.54) is 5.56 Å². The Morgan fingerprint density at radius 1 is 1.11 bits per heavy atom. The molecule has 0 aliphatic rings. The van der Waals surface area contributed by atoms with E-state index in [0.29, 0.717) is 17.8 Å². The van der Waals surface area contributed by atoms with Crippen LogP contribution in [0.3, 0.4) is 0 Å². The smallest absolute Gasteiger partial charge is 0.340 e. The molecule has 0 heterocycles. The molecule has 0 saturated carbocycles. The maximum atomic E-state index is 12.3. The highest BCUT2D eigenvalue weighted by Crippen LogP contribution is 2.17. The molecule has 0 bridgehead atoms. The molecule has 3 N–H and O–H groups in total. The summed E-state index contributed by atoms with van der Waals surface area (Å²) in [5.74, 6) is -0.958. The number of anilines is 1. The third-order valence-corrected chi connectivity index (χ3v) is 4.32. The van der Waals surface area contributed by atoms with Crippen molar-refractivity contribution in [2.24, 2.45) is 0 Å². The predicted octanol–water partition coefficient (Wildman–Crippen LogP) is 2.74. The van der Waals surface area contributed by atoms with Crippen molar-refractivity contribution in [1.82, 2.24) is 5.32 Å². The summed E-state index contributed by atoms with van der Waals surface area (Å²) in [6, 6.07) is 12.7. The number of hydrogen-bond donors (Lipinski definition) is 3. The van der Waals surface area contributed by atoms with Crippen molar-refractivity contribution in [3.05, 3.63) is 64.7 Å². The maximum absolute atomic E-state index is 12.3. The number of aliphatic hydroxyl groups is 1. The number of benzene rings is 2. The molecule has 144 valence electrons. The Bertz CT molecular complexity index is 805. The van der Waals surface area contributed by atoms with Gasteiger partial charge in [0.15, 0.2) is 6.61 Å². The number of carbonyl (C=O) groups is 2. The first-order valence-electron chi connectivity index (χ1n) is 8.89. The number of rotatable bonds is 8. The van der Waals surface area contributed by atoms with Gasteiger partial charge in [0.25, 0.3) is 5.91 Å². The highest BCUT2D eigenvalue weighted by molar-refractivity contribution is 5.96. The van der Waals surface area contributed by atoms with E-state index in [2.05, 4.69) is 10.6 Å². The van der Waals surface area contributed by atoms with Crippen molar-refractivity contribution in [3.8, 4) is 0 Å². The number of esters is 1. The highest BCUT2D eigenvalue weighted by atomic mass is 16.5. The zero-order valence-corrected chi connectivity index (χ0v) is 15.9. The van der Waals surface area contributed by atoms with Crippen LogP contribution in [0.25, 0.3) is 0 Å². The van der Waals surface area contributed by atoms with Crippen LogP contribution in [-0.4, -0.2) is 36.7 Å². The Kier molecular flexibility index (Phi) is 7.37. The minimum absolute atomic E-state index is 0.0534. The SMILES string of the molecule is Cc1ccc([C@H](C)NC(=O)COC(=O)c2ccccc2NCCO)cc1C. The summed E-state index contributed by atoms with van der Waals surface area (Å²) in [4.78, 5) is 24.4. The van der Waals surface area contributed by atoms with E-state index >= 15 is 0 Å². The second-order valence-corrected chi connectivity index (χ2v) is 6.40. The van der Waals surface area contributed by atoms with Crippen molar-refractivity contribution in [2.45, 2.75) is 26.8 Å². The molecule has 2 aromatic carbocycles. The summed E-state index contributed by atoms with van der Waals surface area (Å²) in [6.45, 7) is 5.85. The summed E-state index contributed by atoms with van der Waals surface area (Å²) in [5.41, 5.74) is 4.23. The fourth-order valence-electron chi connectivity index (χ4n) is 2.62. The monoisotopic (exact) mass is 370 g/mol. The molecule has 0 fully saturated rings. The summed E-state index contributed by atoms with van der Waals surface area (Å²) >= 11 is 0. The minimum atomic E-state index is -0.593. The van der Waals surface area contributed by atoms with Gasteiger partial charge in [-0.05, 0) is 49.6 Å². The molecule has 2 aromatic rings. The molecule has 2 rings (SSSR count). The largest absolute Gasteiger partial charge is 0.452 e. The molecule has 0 aliphatic heterocycles. The Morgan fingerprint density at radius 3 is 2.56 bits per heavy atom. The molecule has 1 atom stereocenters. The number of hydrogen-bond acceptors (Lipinski definition) is 5. The summed E-state index contributed by atoms with van der Waals surface area (Å²) in [6.07, 6.45) is 0. The van der Waals surface area contributed by atoms with Crippen molar-refractivity contribution in [2.75, 3.05) is 25.1 Å². The van der Waals surface area contributed by atoms with Crippen LogP contribution in [0.15, 0.2) is 42.5 Å². The summed E-state index contributed by atoms with van der Waals surface area (Å²) in [5, 5.41) is 14.7. The van der Waals surface area contributed by atoms with Crippen molar-refractivity contribution in [3.63, 3.8) is 0 Å². The first kappa shape index (κ1) is 20.5. The van der Waals surface area contributed by atoms with E-state index in [1.54, 1.807) is 24.3 Å². The second kappa shape index (κ2) is 9.73. The van der Waals surface area contributed by atoms with E-state index in [4.69, 9.17) is 9.84 Å². The second-order valence-electron chi connectivity index (χ2n) is 6.40. The zero-order valence-electron chi connectivity index (χ0n) is 15.9. The van der Waals surface area contributed by atoms with Crippen molar-refractivity contribution in [1.29, 1.82) is 0 Å². The van der Waals surface area contributed by atoms with Gasteiger partial charge in [-0.1, -0.05) is 30.3 Å². The molecular formula is C21H26N2O4. The number of carbonyl (C=O) groups excluding carboxylic acids is 2. The minimum Gasteiger partial charge on any atom is -0.452 e. The number of aliphatic hydroxyl groups excluding tert-OH is 1. The van der Waals surface area contributed by atoms with E-state index in [1.807, 2.05) is 39.0 Å². The number of nitrogens with one attached hydrogen (secondary N) is 2. The first-order valence-corrected chi connectivity index (χ1v) is 8.89. The third-order valence-electron chi connectivity index (χ3n) is 4.32. The van der Waals surface area contributed by atoms with Crippen LogP contribution in [0.5, 0.6) is 0 Å². The molecule has 0 aliphatic carbocycles. The Morgan fingerprint density at radius 2 is 1.85 bits per heavy atom. The van der Waals surface area contributed by atoms with Crippen molar-refractivity contribution >= 4 is 17.6 Å². The van der Waals surface area contributed by atoms with E-state index in [0.717, 1.165) is 11.1 Å². The number of aryl methyl sites for hydroxylation is 2. The lowest BCUT2D eigenvalue weighted by molar-refractivity contribution is -0.124. The Balaban J connectivity index is 1.91. The zero-order chi connectivity index (χ0) is 19.8. The van der Waals surface area contributed by atoms with Gasteiger partial charge in [0, 0.05) is 12.2 Å². The molecule has 6 nitrogen and oxygen atoms in total. The van der Waals surface area contributed by atoms with Crippen molar-refractivity contribution < 1.29 is 19.4 Å². The molecule has 0 radical (unpaired) electrons. The number of ether oxygens (including phenoxy) is 1. The lowest BCUT2D eigenvalue weighted by Crippen LogP contribution is -2.31. The lowest BCUT2D eigenvalue weighted by Gasteiger charge is -2.16. The van der Waals surface area contributed by atoms with Crippen LogP contribution in [0.1, 0.15) is 40.0 Å². The molecule has 0 spiro atoms. The Hall–Kier alpha value is -2.86. The topological polar surface area (TPSA) is 87.7 Å². The Labute approximate surface area is 159 Å². The maximum Gasteiger partial charge on any atom is 0.340 e. The van der Waals surface area contributed by atoms with Crippen LogP contribution in [0.4, 0.5) is 5.69 Å². The number of para-hydroxylation sites is 1. The van der Waals surface area contributed by atoms with Crippen LogP contribution in [0.2, 0.25) is 0 Å². The van der Waals surface area contributed by atoms with Gasteiger partial charge >= 0.3 is 5.97 Å². The molecular weight excluding hydrogens is 344 g/mol. The quantitative estimate of drug-likeness (QED) is 0.622. The lowest BCUT2D eigenvalue weighted by atomic mass is 10.0. The van der Waals surface area contributed by atoms with Crippen LogP contribution < -0.4 is 10.6 Å². The highest BCUT2D eigenvalue weighted by Gasteiger charge is 2.16. The fraction of sp³-hybridized carbons (Fsp3) is 0.333. The van der Waals surface area contributed by atoms with Gasteiger partial charge in [-0.15, -0.1) is 0 Å². The van der Waals surface area contributed by atoms with Crippen LogP contribution in [-0.2, 0) is 9.53 Å². The third kappa shape index (κ3) is 5.82. The average molecular weight is 370 g/mol. The molecule has 6 heteroatoms. The van der Waals surface area contributed by atoms with E-state index < -0.39 is 5.97 Å². The van der Waals surface area contributed by atoms with Gasteiger partial charge in [-0.2, -0.15) is 0 Å². The average Bonchev–Trinajstić information content (AvgIpc) is 2.66. The van der Waals surface area contributed by atoms with Gasteiger partial charge in [-0.25, -0.2) is 4.79 Å². The number of amides is 1. The van der Waals surface area contributed by atoms with Gasteiger partial charge in [0.2, 0.25) is 0 Å². The molecule has 0 aromatic heterocycles.